The summed E-state index contributed by atoms with van der Waals surface area (Å²) < 4.78 is 5.80. The number of carbonyl (C=O) groups excluding carboxylic acids is 2. The highest BCUT2D eigenvalue weighted by Crippen LogP contribution is 2.18. The van der Waals surface area contributed by atoms with E-state index in [-0.39, 0.29) is 11.8 Å². The Kier molecular flexibility index (Phi) is 6.61. The molecule has 132 valence electrons. The van der Waals surface area contributed by atoms with E-state index in [1.165, 1.54) is 0 Å². The van der Waals surface area contributed by atoms with Crippen LogP contribution in [0.25, 0.3) is 0 Å². The molecular formula is C18H27N3O3. The van der Waals surface area contributed by atoms with Gasteiger partial charge < -0.3 is 20.3 Å². The van der Waals surface area contributed by atoms with Gasteiger partial charge in [0.25, 0.3) is 5.91 Å². The molecule has 0 spiro atoms. The molecule has 2 rings (SSSR count). The van der Waals surface area contributed by atoms with Crippen molar-refractivity contribution in [1.82, 2.24) is 9.80 Å². The van der Waals surface area contributed by atoms with Crippen molar-refractivity contribution in [1.29, 1.82) is 0 Å². The highest BCUT2D eigenvalue weighted by atomic mass is 16.5. The maximum Gasteiger partial charge on any atom is 0.263 e. The van der Waals surface area contributed by atoms with Crippen molar-refractivity contribution in [2.75, 3.05) is 32.7 Å². The van der Waals surface area contributed by atoms with Gasteiger partial charge in [-0.15, -0.1) is 0 Å². The highest BCUT2D eigenvalue weighted by Gasteiger charge is 2.27. The third kappa shape index (κ3) is 4.71. The average Bonchev–Trinajstić information content (AvgIpc) is 2.61. The summed E-state index contributed by atoms with van der Waals surface area (Å²) in [5.41, 5.74) is 6.44. The largest absolute Gasteiger partial charge is 0.481 e. The number of amides is 2. The van der Waals surface area contributed by atoms with Crippen LogP contribution in [-0.2, 0) is 9.59 Å². The molecule has 1 atom stereocenters. The number of benzene rings is 1. The number of para-hydroxylation sites is 1. The first-order valence-electron chi connectivity index (χ1n) is 8.52. The Morgan fingerprint density at radius 1 is 1.17 bits per heavy atom. The number of aryl methyl sites for hydroxylation is 1. The number of rotatable bonds is 6. The molecule has 0 radical (unpaired) electrons. The summed E-state index contributed by atoms with van der Waals surface area (Å²) in [6.07, 6.45) is 0.655. The molecule has 1 heterocycles. The highest BCUT2D eigenvalue weighted by molar-refractivity contribution is 5.81. The molecule has 0 aliphatic carbocycles. The molecule has 1 aromatic rings. The fraction of sp³-hybridized carbons (Fsp3) is 0.556. The molecule has 0 aromatic heterocycles. The molecule has 24 heavy (non-hydrogen) atoms. The van der Waals surface area contributed by atoms with Crippen molar-refractivity contribution < 1.29 is 14.3 Å². The molecule has 1 saturated heterocycles. The monoisotopic (exact) mass is 333 g/mol. The molecule has 2 amide bonds. The van der Waals surface area contributed by atoms with Gasteiger partial charge in [0.1, 0.15) is 5.75 Å². The summed E-state index contributed by atoms with van der Waals surface area (Å²) in [6.45, 7) is 6.51. The predicted octanol–water partition coefficient (Wildman–Crippen LogP) is 1.17. The first-order valence-corrected chi connectivity index (χ1v) is 8.52. The normalized spacial score (nSPS) is 16.0. The molecular weight excluding hydrogens is 306 g/mol. The number of nitrogens with zero attached hydrogens (tertiary/aromatic N) is 2. The first kappa shape index (κ1) is 18.3. The Labute approximate surface area is 143 Å². The minimum Gasteiger partial charge on any atom is -0.481 e. The average molecular weight is 333 g/mol. The van der Waals surface area contributed by atoms with Crippen molar-refractivity contribution in [2.24, 2.45) is 5.73 Å². The SMILES string of the molecule is Cc1ccccc1OC(C)C(=O)N1CCN(C(=O)CCCN)CC1. The number of hydrogen-bond donors (Lipinski definition) is 1. The molecule has 6 nitrogen and oxygen atoms in total. The van der Waals surface area contributed by atoms with Crippen LogP contribution in [0.5, 0.6) is 5.75 Å². The lowest BCUT2D eigenvalue weighted by atomic mass is 10.2. The Morgan fingerprint density at radius 3 is 2.42 bits per heavy atom. The summed E-state index contributed by atoms with van der Waals surface area (Å²) in [6, 6.07) is 7.66. The lowest BCUT2D eigenvalue weighted by Crippen LogP contribution is -2.53. The molecule has 6 heteroatoms. The fourth-order valence-electron chi connectivity index (χ4n) is 2.77. The topological polar surface area (TPSA) is 75.9 Å². The zero-order valence-corrected chi connectivity index (χ0v) is 14.5. The number of ether oxygens (including phenoxy) is 1. The van der Waals surface area contributed by atoms with Crippen LogP contribution in [0, 0.1) is 6.92 Å². The minimum absolute atomic E-state index is 0.0349. The molecule has 0 bridgehead atoms. The zero-order chi connectivity index (χ0) is 17.5. The molecule has 1 aromatic carbocycles. The van der Waals surface area contributed by atoms with E-state index >= 15 is 0 Å². The molecule has 1 fully saturated rings. The predicted molar refractivity (Wildman–Crippen MR) is 92.7 cm³/mol. The van der Waals surface area contributed by atoms with Crippen LogP contribution in [0.2, 0.25) is 0 Å². The van der Waals surface area contributed by atoms with Gasteiger partial charge in [0.2, 0.25) is 5.91 Å². The number of piperazine rings is 1. The Morgan fingerprint density at radius 2 is 1.79 bits per heavy atom. The van der Waals surface area contributed by atoms with Crippen molar-refractivity contribution in [3.63, 3.8) is 0 Å². The van der Waals surface area contributed by atoms with Gasteiger partial charge in [-0.2, -0.15) is 0 Å². The van der Waals surface area contributed by atoms with E-state index in [2.05, 4.69) is 0 Å². The third-order valence-corrected chi connectivity index (χ3v) is 4.28. The summed E-state index contributed by atoms with van der Waals surface area (Å²) >= 11 is 0. The van der Waals surface area contributed by atoms with Crippen molar-refractivity contribution in [2.45, 2.75) is 32.8 Å². The number of hydrogen-bond acceptors (Lipinski definition) is 4. The van der Waals surface area contributed by atoms with Gasteiger partial charge in [-0.1, -0.05) is 18.2 Å². The van der Waals surface area contributed by atoms with Gasteiger partial charge in [0, 0.05) is 32.6 Å². The smallest absolute Gasteiger partial charge is 0.263 e. The van der Waals surface area contributed by atoms with Gasteiger partial charge in [0.15, 0.2) is 6.10 Å². The van der Waals surface area contributed by atoms with Crippen LogP contribution in [0.15, 0.2) is 24.3 Å². The first-order chi connectivity index (χ1) is 11.5. The second kappa shape index (κ2) is 8.68. The zero-order valence-electron chi connectivity index (χ0n) is 14.5. The maximum absolute atomic E-state index is 12.5. The molecule has 2 N–H and O–H groups in total. The van der Waals surface area contributed by atoms with E-state index in [0.717, 1.165) is 11.3 Å². The van der Waals surface area contributed by atoms with Crippen molar-refractivity contribution in [3.05, 3.63) is 29.8 Å². The second-order valence-electron chi connectivity index (χ2n) is 6.12. The number of carbonyl (C=O) groups is 2. The van der Waals surface area contributed by atoms with Crippen LogP contribution in [0.3, 0.4) is 0 Å². The van der Waals surface area contributed by atoms with E-state index < -0.39 is 6.10 Å². The van der Waals surface area contributed by atoms with Gasteiger partial charge >= 0.3 is 0 Å². The molecule has 1 aliphatic heterocycles. The van der Waals surface area contributed by atoms with E-state index in [1.807, 2.05) is 36.1 Å². The van der Waals surface area contributed by atoms with Gasteiger partial charge in [-0.25, -0.2) is 0 Å². The van der Waals surface area contributed by atoms with Crippen LogP contribution in [0.1, 0.15) is 25.3 Å². The van der Waals surface area contributed by atoms with Crippen LogP contribution < -0.4 is 10.5 Å². The fourth-order valence-corrected chi connectivity index (χ4v) is 2.77. The lowest BCUT2D eigenvalue weighted by Gasteiger charge is -2.36. The van der Waals surface area contributed by atoms with E-state index in [1.54, 1.807) is 11.8 Å². The van der Waals surface area contributed by atoms with Gasteiger partial charge in [-0.3, -0.25) is 9.59 Å². The van der Waals surface area contributed by atoms with E-state index in [4.69, 9.17) is 10.5 Å². The third-order valence-electron chi connectivity index (χ3n) is 4.28. The van der Waals surface area contributed by atoms with E-state index in [0.29, 0.717) is 45.6 Å². The lowest BCUT2D eigenvalue weighted by molar-refractivity contribution is -0.143. The van der Waals surface area contributed by atoms with E-state index in [9.17, 15) is 9.59 Å². The maximum atomic E-state index is 12.5. The van der Waals surface area contributed by atoms with Crippen LogP contribution in [0.4, 0.5) is 0 Å². The summed E-state index contributed by atoms with van der Waals surface area (Å²) in [5, 5.41) is 0. The molecule has 0 saturated carbocycles. The summed E-state index contributed by atoms with van der Waals surface area (Å²) in [4.78, 5) is 28.1. The molecule has 1 unspecified atom stereocenters. The Bertz CT molecular complexity index is 568. The van der Waals surface area contributed by atoms with Crippen LogP contribution in [-0.4, -0.2) is 60.4 Å². The number of nitrogens with two attached hydrogens (primary N) is 1. The standard InChI is InChI=1S/C18H27N3O3/c1-14-6-3-4-7-16(14)24-15(2)18(23)21-12-10-20(11-13-21)17(22)8-5-9-19/h3-4,6-7,15H,5,8-13,19H2,1-2H3. The molecule has 1 aliphatic rings. The minimum atomic E-state index is -0.536. The van der Waals surface area contributed by atoms with Crippen molar-refractivity contribution in [3.8, 4) is 5.75 Å². The second-order valence-corrected chi connectivity index (χ2v) is 6.12. The Hall–Kier alpha value is -2.08. The summed E-state index contributed by atoms with van der Waals surface area (Å²) in [7, 11) is 0. The van der Waals surface area contributed by atoms with Gasteiger partial charge in [0.05, 0.1) is 0 Å². The van der Waals surface area contributed by atoms with Gasteiger partial charge in [-0.05, 0) is 38.4 Å². The van der Waals surface area contributed by atoms with Crippen LogP contribution >= 0.6 is 0 Å². The quantitative estimate of drug-likeness (QED) is 0.848. The van der Waals surface area contributed by atoms with Crippen molar-refractivity contribution >= 4 is 11.8 Å². The Balaban J connectivity index is 1.84. The summed E-state index contributed by atoms with van der Waals surface area (Å²) in [5.74, 6) is 0.818.